The van der Waals surface area contributed by atoms with Gasteiger partial charge >= 0.3 is 0 Å². The number of rotatable bonds is 2. The fraction of sp³-hybridized carbons (Fsp3) is 0.600. The highest BCUT2D eigenvalue weighted by atomic mass is 32.2. The van der Waals surface area contributed by atoms with E-state index < -0.39 is 5.97 Å². The van der Waals surface area contributed by atoms with Crippen molar-refractivity contribution in [3.63, 3.8) is 0 Å². The molecule has 0 aromatic rings. The first-order chi connectivity index (χ1) is 4.70. The molecule has 0 N–H and O–H groups in total. The smallest absolute Gasteiger partial charge is 0.282 e. The van der Waals surface area contributed by atoms with E-state index in [4.69, 9.17) is 0 Å². The van der Waals surface area contributed by atoms with Gasteiger partial charge in [-0.15, -0.1) is 0 Å². The molecule has 0 saturated carbocycles. The van der Waals surface area contributed by atoms with Crippen molar-refractivity contribution in [3.8, 4) is 0 Å². The summed E-state index contributed by atoms with van der Waals surface area (Å²) in [5, 5.41) is 9.82. The number of carbonyl (C=O) groups is 2. The van der Waals surface area contributed by atoms with Crippen molar-refractivity contribution in [2.45, 2.75) is 0 Å². The monoisotopic (exact) mass is 160 g/mol. The highest BCUT2D eigenvalue weighted by molar-refractivity contribution is 8.13. The molecule has 5 heteroatoms. The van der Waals surface area contributed by atoms with Gasteiger partial charge in [-0.05, 0) is 0 Å². The average Bonchev–Trinajstić information content (AvgIpc) is 2.15. The number of carboxylic acids is 1. The third-order valence-electron chi connectivity index (χ3n) is 1.16. The second-order valence-corrected chi connectivity index (χ2v) is 2.95. The molecule has 0 aromatic carbocycles. The van der Waals surface area contributed by atoms with E-state index in [1.807, 2.05) is 0 Å². The van der Waals surface area contributed by atoms with Gasteiger partial charge in [-0.1, -0.05) is 11.8 Å². The maximum absolute atomic E-state index is 10.7. The van der Waals surface area contributed by atoms with Crippen molar-refractivity contribution >= 4 is 23.0 Å². The highest BCUT2D eigenvalue weighted by Crippen LogP contribution is 2.15. The molecule has 1 aliphatic rings. The molecule has 1 saturated heterocycles. The fourth-order valence-electron chi connectivity index (χ4n) is 0.725. The second kappa shape index (κ2) is 2.92. The number of thioether (sulfide) groups is 1. The molecule has 0 bridgehead atoms. The Morgan fingerprint density at radius 3 is 2.90 bits per heavy atom. The Kier molecular flexibility index (Phi) is 2.16. The van der Waals surface area contributed by atoms with Crippen molar-refractivity contribution in [1.82, 2.24) is 4.90 Å². The minimum absolute atomic E-state index is 0.163. The molecule has 0 aliphatic carbocycles. The largest absolute Gasteiger partial charge is 0.548 e. The summed E-state index contributed by atoms with van der Waals surface area (Å²) in [6, 6.07) is 0. The molecule has 0 radical (unpaired) electrons. The first-order valence-electron chi connectivity index (χ1n) is 2.81. The highest BCUT2D eigenvalue weighted by Gasteiger charge is 2.20. The van der Waals surface area contributed by atoms with Gasteiger partial charge < -0.3 is 14.8 Å². The minimum Gasteiger partial charge on any atom is -0.548 e. The molecular weight excluding hydrogens is 154 g/mol. The number of aliphatic carboxylic acids is 1. The topological polar surface area (TPSA) is 60.4 Å². The zero-order chi connectivity index (χ0) is 7.56. The predicted octanol–water partition coefficient (Wildman–Crippen LogP) is -1.09. The molecule has 4 nitrogen and oxygen atoms in total. The maximum atomic E-state index is 10.7. The number of carboxylic acid groups (broad SMARTS) is 1. The molecular formula is C5H6NO3S-. The molecule has 10 heavy (non-hydrogen) atoms. The summed E-state index contributed by atoms with van der Waals surface area (Å²) >= 11 is 1.14. The quantitative estimate of drug-likeness (QED) is 0.514. The maximum Gasteiger partial charge on any atom is 0.282 e. The Morgan fingerprint density at radius 2 is 2.50 bits per heavy atom. The molecule has 1 rings (SSSR count). The van der Waals surface area contributed by atoms with E-state index >= 15 is 0 Å². The number of hydrogen-bond donors (Lipinski definition) is 0. The van der Waals surface area contributed by atoms with Crippen LogP contribution in [0.3, 0.4) is 0 Å². The van der Waals surface area contributed by atoms with E-state index in [1.165, 1.54) is 4.90 Å². The van der Waals surface area contributed by atoms with Gasteiger partial charge in [0.1, 0.15) is 0 Å². The molecule has 1 amide bonds. The Hall–Kier alpha value is -0.710. The lowest BCUT2D eigenvalue weighted by Gasteiger charge is -2.13. The lowest BCUT2D eigenvalue weighted by atomic mass is 10.5. The van der Waals surface area contributed by atoms with Gasteiger partial charge in [0.25, 0.3) is 5.24 Å². The van der Waals surface area contributed by atoms with Gasteiger partial charge in [0.05, 0.1) is 12.5 Å². The van der Waals surface area contributed by atoms with Crippen LogP contribution in [0.1, 0.15) is 0 Å². The molecule has 0 spiro atoms. The van der Waals surface area contributed by atoms with E-state index in [-0.39, 0.29) is 11.8 Å². The van der Waals surface area contributed by atoms with Crippen LogP contribution in [-0.2, 0) is 4.79 Å². The van der Waals surface area contributed by atoms with Crippen LogP contribution >= 0.6 is 11.8 Å². The summed E-state index contributed by atoms with van der Waals surface area (Å²) in [5.74, 6) is -0.512. The van der Waals surface area contributed by atoms with Crippen LogP contribution in [0.15, 0.2) is 0 Å². The van der Waals surface area contributed by atoms with E-state index in [9.17, 15) is 14.7 Å². The number of amides is 1. The van der Waals surface area contributed by atoms with Crippen molar-refractivity contribution in [2.75, 3.05) is 18.8 Å². The van der Waals surface area contributed by atoms with Crippen LogP contribution in [0.2, 0.25) is 0 Å². The Labute approximate surface area is 62.2 Å². The fourth-order valence-corrected chi connectivity index (χ4v) is 1.55. The van der Waals surface area contributed by atoms with E-state index in [2.05, 4.69) is 0 Å². The molecule has 0 unspecified atom stereocenters. The standard InChI is InChI=1S/C5H7NO3S/c7-4(8)3-6-1-2-10-5(6)9/h1-3H2,(H,7,8)/p-1. The van der Waals surface area contributed by atoms with Crippen molar-refractivity contribution in [2.24, 2.45) is 0 Å². The Balaban J connectivity index is 2.40. The normalized spacial score (nSPS) is 18.0. The molecule has 1 aliphatic heterocycles. The van der Waals surface area contributed by atoms with Crippen molar-refractivity contribution < 1.29 is 14.7 Å². The summed E-state index contributed by atoms with van der Waals surface area (Å²) in [5.41, 5.74) is 0. The van der Waals surface area contributed by atoms with E-state index in [1.54, 1.807) is 0 Å². The lowest BCUT2D eigenvalue weighted by molar-refractivity contribution is -0.305. The predicted molar refractivity (Wildman–Crippen MR) is 34.4 cm³/mol. The molecule has 0 aromatic heterocycles. The summed E-state index contributed by atoms with van der Waals surface area (Å²) < 4.78 is 0. The first-order valence-corrected chi connectivity index (χ1v) is 3.80. The second-order valence-electron chi connectivity index (χ2n) is 1.91. The van der Waals surface area contributed by atoms with Gasteiger partial charge in [-0.2, -0.15) is 0 Å². The zero-order valence-corrected chi connectivity index (χ0v) is 6.02. The third kappa shape index (κ3) is 1.63. The van der Waals surface area contributed by atoms with Crippen LogP contribution < -0.4 is 5.11 Å². The van der Waals surface area contributed by atoms with Crippen LogP contribution in [-0.4, -0.2) is 35.0 Å². The van der Waals surface area contributed by atoms with E-state index in [0.29, 0.717) is 12.3 Å². The van der Waals surface area contributed by atoms with Crippen LogP contribution in [0.5, 0.6) is 0 Å². The SMILES string of the molecule is O=C([O-])CN1CCSC1=O. The number of hydrogen-bond acceptors (Lipinski definition) is 4. The minimum atomic E-state index is -1.20. The van der Waals surface area contributed by atoms with E-state index in [0.717, 1.165) is 11.8 Å². The summed E-state index contributed by atoms with van der Waals surface area (Å²) in [7, 11) is 0. The zero-order valence-electron chi connectivity index (χ0n) is 5.20. The molecule has 1 heterocycles. The molecule has 56 valence electrons. The Morgan fingerprint density at radius 1 is 1.80 bits per heavy atom. The van der Waals surface area contributed by atoms with Gasteiger partial charge in [-0.25, -0.2) is 0 Å². The molecule has 0 atom stereocenters. The van der Waals surface area contributed by atoms with Crippen LogP contribution in [0, 0.1) is 0 Å². The summed E-state index contributed by atoms with van der Waals surface area (Å²) in [6.45, 7) is 0.253. The molecule has 1 fully saturated rings. The van der Waals surface area contributed by atoms with Gasteiger partial charge in [0.15, 0.2) is 0 Å². The van der Waals surface area contributed by atoms with Gasteiger partial charge in [0.2, 0.25) is 0 Å². The van der Waals surface area contributed by atoms with Gasteiger partial charge in [-0.3, -0.25) is 4.79 Å². The van der Waals surface area contributed by atoms with Gasteiger partial charge in [0, 0.05) is 12.3 Å². The first kappa shape index (κ1) is 7.40. The Bertz CT molecular complexity index is 170. The average molecular weight is 160 g/mol. The number of carbonyl (C=O) groups excluding carboxylic acids is 2. The summed E-state index contributed by atoms with van der Waals surface area (Å²) in [4.78, 5) is 22.0. The van der Waals surface area contributed by atoms with Crippen LogP contribution in [0.4, 0.5) is 4.79 Å². The van der Waals surface area contributed by atoms with Crippen molar-refractivity contribution in [3.05, 3.63) is 0 Å². The third-order valence-corrected chi connectivity index (χ3v) is 2.06. The van der Waals surface area contributed by atoms with Crippen LogP contribution in [0.25, 0.3) is 0 Å². The summed E-state index contributed by atoms with van der Waals surface area (Å²) in [6.07, 6.45) is 0. The lowest BCUT2D eigenvalue weighted by Crippen LogP contribution is -2.37. The van der Waals surface area contributed by atoms with Crippen molar-refractivity contribution in [1.29, 1.82) is 0 Å². The number of nitrogens with zero attached hydrogens (tertiary/aromatic N) is 1.